The van der Waals surface area contributed by atoms with E-state index in [4.69, 9.17) is 18.9 Å². The molecular formula is C18H34O6. The SMILES string of the molecule is CCCC(=O)OC(C)CCOCCOCCC(CCC)OC(C)=O. The number of carbonyl (C=O) groups is 2. The first kappa shape index (κ1) is 22.9. The van der Waals surface area contributed by atoms with Crippen LogP contribution in [-0.4, -0.2) is 50.6 Å². The van der Waals surface area contributed by atoms with Crippen LogP contribution < -0.4 is 0 Å². The van der Waals surface area contributed by atoms with E-state index in [2.05, 4.69) is 6.92 Å². The van der Waals surface area contributed by atoms with Crippen LogP contribution in [0.2, 0.25) is 0 Å². The third-order valence-corrected chi connectivity index (χ3v) is 3.35. The van der Waals surface area contributed by atoms with Crippen molar-refractivity contribution in [3.05, 3.63) is 0 Å². The summed E-state index contributed by atoms with van der Waals surface area (Å²) in [6, 6.07) is 0. The summed E-state index contributed by atoms with van der Waals surface area (Å²) in [6.45, 7) is 9.40. The third kappa shape index (κ3) is 14.5. The van der Waals surface area contributed by atoms with Crippen molar-refractivity contribution >= 4 is 11.9 Å². The van der Waals surface area contributed by atoms with Crippen LogP contribution in [0.25, 0.3) is 0 Å². The number of ether oxygens (including phenoxy) is 4. The third-order valence-electron chi connectivity index (χ3n) is 3.35. The second-order valence-corrected chi connectivity index (χ2v) is 5.87. The minimum Gasteiger partial charge on any atom is -0.463 e. The van der Waals surface area contributed by atoms with Crippen LogP contribution in [0, 0.1) is 0 Å². The van der Waals surface area contributed by atoms with Gasteiger partial charge in [0.1, 0.15) is 12.2 Å². The molecule has 24 heavy (non-hydrogen) atoms. The van der Waals surface area contributed by atoms with E-state index in [0.29, 0.717) is 45.7 Å². The zero-order valence-corrected chi connectivity index (χ0v) is 15.7. The first-order valence-electron chi connectivity index (χ1n) is 9.01. The summed E-state index contributed by atoms with van der Waals surface area (Å²) < 4.78 is 21.4. The molecule has 0 aromatic carbocycles. The highest BCUT2D eigenvalue weighted by molar-refractivity contribution is 5.69. The van der Waals surface area contributed by atoms with Crippen molar-refractivity contribution in [1.82, 2.24) is 0 Å². The molecule has 6 nitrogen and oxygen atoms in total. The van der Waals surface area contributed by atoms with E-state index in [1.165, 1.54) is 6.92 Å². The van der Waals surface area contributed by atoms with Crippen molar-refractivity contribution in [3.8, 4) is 0 Å². The van der Waals surface area contributed by atoms with Gasteiger partial charge >= 0.3 is 11.9 Å². The quantitative estimate of drug-likeness (QED) is 0.335. The Morgan fingerprint density at radius 3 is 2.00 bits per heavy atom. The molecule has 0 amide bonds. The highest BCUT2D eigenvalue weighted by atomic mass is 16.6. The Balaban J connectivity index is 3.52. The number of esters is 2. The molecular weight excluding hydrogens is 312 g/mol. The van der Waals surface area contributed by atoms with Crippen LogP contribution in [0.3, 0.4) is 0 Å². The molecule has 0 bridgehead atoms. The molecule has 0 radical (unpaired) electrons. The van der Waals surface area contributed by atoms with E-state index in [1.807, 2.05) is 13.8 Å². The largest absolute Gasteiger partial charge is 0.463 e. The number of hydrogen-bond donors (Lipinski definition) is 0. The smallest absolute Gasteiger partial charge is 0.306 e. The van der Waals surface area contributed by atoms with Gasteiger partial charge in [-0.1, -0.05) is 20.3 Å². The Bertz CT molecular complexity index is 331. The number of hydrogen-bond acceptors (Lipinski definition) is 6. The molecule has 0 spiro atoms. The molecule has 0 saturated heterocycles. The molecule has 0 saturated carbocycles. The lowest BCUT2D eigenvalue weighted by Gasteiger charge is -2.16. The molecule has 0 aromatic heterocycles. The van der Waals surface area contributed by atoms with Gasteiger partial charge < -0.3 is 18.9 Å². The maximum atomic E-state index is 11.3. The molecule has 0 aliphatic heterocycles. The van der Waals surface area contributed by atoms with Crippen LogP contribution in [0.4, 0.5) is 0 Å². The summed E-state index contributed by atoms with van der Waals surface area (Å²) >= 11 is 0. The van der Waals surface area contributed by atoms with Gasteiger partial charge in [-0.05, 0) is 19.8 Å². The lowest BCUT2D eigenvalue weighted by molar-refractivity contribution is -0.149. The van der Waals surface area contributed by atoms with Gasteiger partial charge in [-0.2, -0.15) is 0 Å². The molecule has 0 aliphatic rings. The second-order valence-electron chi connectivity index (χ2n) is 5.87. The van der Waals surface area contributed by atoms with E-state index in [-0.39, 0.29) is 24.1 Å². The molecule has 0 aromatic rings. The Labute approximate surface area is 146 Å². The molecule has 6 heteroatoms. The van der Waals surface area contributed by atoms with Gasteiger partial charge in [-0.25, -0.2) is 0 Å². The van der Waals surface area contributed by atoms with E-state index in [1.54, 1.807) is 0 Å². The van der Waals surface area contributed by atoms with Gasteiger partial charge in [0.15, 0.2) is 0 Å². The number of rotatable bonds is 15. The van der Waals surface area contributed by atoms with Gasteiger partial charge in [-0.3, -0.25) is 9.59 Å². The monoisotopic (exact) mass is 346 g/mol. The standard InChI is InChI=1S/C18H34O6/c1-5-7-17(24-16(4)19)10-12-22-14-13-21-11-9-15(3)23-18(20)8-6-2/h15,17H,5-14H2,1-4H3. The average molecular weight is 346 g/mol. The topological polar surface area (TPSA) is 71.1 Å². The fraction of sp³-hybridized carbons (Fsp3) is 0.889. The number of carbonyl (C=O) groups excluding carboxylic acids is 2. The summed E-state index contributed by atoms with van der Waals surface area (Å²) in [4.78, 5) is 22.3. The zero-order chi connectivity index (χ0) is 18.2. The van der Waals surface area contributed by atoms with Crippen molar-refractivity contribution in [2.75, 3.05) is 26.4 Å². The van der Waals surface area contributed by atoms with Crippen molar-refractivity contribution in [3.63, 3.8) is 0 Å². The highest BCUT2D eigenvalue weighted by Gasteiger charge is 2.11. The van der Waals surface area contributed by atoms with Crippen LogP contribution in [0.1, 0.15) is 66.2 Å². The second kappa shape index (κ2) is 15.4. The molecule has 0 N–H and O–H groups in total. The van der Waals surface area contributed by atoms with Gasteiger partial charge in [0, 0.05) is 26.2 Å². The molecule has 0 aliphatic carbocycles. The predicted molar refractivity (Wildman–Crippen MR) is 91.8 cm³/mol. The van der Waals surface area contributed by atoms with Crippen molar-refractivity contribution in [2.24, 2.45) is 0 Å². The van der Waals surface area contributed by atoms with Gasteiger partial charge in [0.05, 0.1) is 26.4 Å². The van der Waals surface area contributed by atoms with Gasteiger partial charge in [0.2, 0.25) is 0 Å². The first-order chi connectivity index (χ1) is 11.5. The van der Waals surface area contributed by atoms with Crippen LogP contribution in [0.5, 0.6) is 0 Å². The van der Waals surface area contributed by atoms with Crippen molar-refractivity contribution in [1.29, 1.82) is 0 Å². The lowest BCUT2D eigenvalue weighted by atomic mass is 10.1. The van der Waals surface area contributed by atoms with Crippen molar-refractivity contribution in [2.45, 2.75) is 78.4 Å². The minimum absolute atomic E-state index is 0.0629. The van der Waals surface area contributed by atoms with E-state index in [9.17, 15) is 9.59 Å². The van der Waals surface area contributed by atoms with Crippen LogP contribution in [0.15, 0.2) is 0 Å². The minimum atomic E-state index is -0.245. The Morgan fingerprint density at radius 1 is 0.833 bits per heavy atom. The maximum Gasteiger partial charge on any atom is 0.306 e. The van der Waals surface area contributed by atoms with Gasteiger partial charge in [-0.15, -0.1) is 0 Å². The Hall–Kier alpha value is -1.14. The molecule has 0 fully saturated rings. The van der Waals surface area contributed by atoms with E-state index >= 15 is 0 Å². The summed E-state index contributed by atoms with van der Waals surface area (Å²) in [6.07, 6.45) is 4.30. The molecule has 0 heterocycles. The van der Waals surface area contributed by atoms with E-state index < -0.39 is 0 Å². The summed E-state index contributed by atoms with van der Waals surface area (Å²) in [5.74, 6) is -0.395. The lowest BCUT2D eigenvalue weighted by Crippen LogP contribution is -2.19. The maximum absolute atomic E-state index is 11.3. The zero-order valence-electron chi connectivity index (χ0n) is 15.7. The fourth-order valence-corrected chi connectivity index (χ4v) is 2.15. The predicted octanol–water partition coefficient (Wildman–Crippen LogP) is 3.26. The molecule has 0 rings (SSSR count). The molecule has 2 atom stereocenters. The fourth-order valence-electron chi connectivity index (χ4n) is 2.15. The van der Waals surface area contributed by atoms with E-state index in [0.717, 1.165) is 19.3 Å². The van der Waals surface area contributed by atoms with Crippen LogP contribution >= 0.6 is 0 Å². The average Bonchev–Trinajstić information content (AvgIpc) is 2.49. The normalized spacial score (nSPS) is 13.3. The Morgan fingerprint density at radius 2 is 1.46 bits per heavy atom. The Kier molecular flexibility index (Phi) is 14.7. The van der Waals surface area contributed by atoms with Crippen LogP contribution in [-0.2, 0) is 28.5 Å². The van der Waals surface area contributed by atoms with Gasteiger partial charge in [0.25, 0.3) is 0 Å². The highest BCUT2D eigenvalue weighted by Crippen LogP contribution is 2.07. The van der Waals surface area contributed by atoms with Crippen molar-refractivity contribution < 1.29 is 28.5 Å². The summed E-state index contributed by atoms with van der Waals surface area (Å²) in [7, 11) is 0. The summed E-state index contributed by atoms with van der Waals surface area (Å²) in [5.41, 5.74) is 0. The molecule has 142 valence electrons. The first-order valence-corrected chi connectivity index (χ1v) is 9.01. The molecule has 2 unspecified atom stereocenters. The summed E-state index contributed by atoms with van der Waals surface area (Å²) in [5, 5.41) is 0.